The third kappa shape index (κ3) is 2.72. The van der Waals surface area contributed by atoms with Crippen molar-refractivity contribution in [2.75, 3.05) is 7.11 Å². The van der Waals surface area contributed by atoms with E-state index in [-0.39, 0.29) is 11.4 Å². The van der Waals surface area contributed by atoms with E-state index in [1.165, 1.54) is 25.3 Å². The monoisotopic (exact) mass is 293 g/mol. The van der Waals surface area contributed by atoms with Crippen LogP contribution in [0.5, 0.6) is 5.75 Å². The van der Waals surface area contributed by atoms with E-state index in [0.717, 1.165) is 0 Å². The van der Waals surface area contributed by atoms with Gasteiger partial charge in [0.25, 0.3) is 0 Å². The van der Waals surface area contributed by atoms with E-state index < -0.39 is 10.8 Å². The van der Waals surface area contributed by atoms with Crippen molar-refractivity contribution >= 4 is 5.69 Å². The van der Waals surface area contributed by atoms with Gasteiger partial charge in [0.05, 0.1) is 35.7 Å². The van der Waals surface area contributed by atoms with Gasteiger partial charge in [0.2, 0.25) is 0 Å². The van der Waals surface area contributed by atoms with Gasteiger partial charge in [-0.2, -0.15) is 10.5 Å². The second-order valence-corrected chi connectivity index (χ2v) is 4.45. The summed E-state index contributed by atoms with van der Waals surface area (Å²) in [4.78, 5) is 10.4. The molecule has 0 amide bonds. The molecule has 0 aliphatic rings. The molecule has 6 nitrogen and oxygen atoms in total. The minimum atomic E-state index is -0.703. The summed E-state index contributed by atoms with van der Waals surface area (Å²) in [5.74, 6) is -0.622. The van der Waals surface area contributed by atoms with Crippen molar-refractivity contribution in [3.63, 3.8) is 0 Å². The molecular weight excluding hydrogens is 282 g/mol. The van der Waals surface area contributed by atoms with Crippen LogP contribution < -0.4 is 4.74 Å². The molecule has 0 aliphatic heterocycles. The van der Waals surface area contributed by atoms with Gasteiger partial charge in [-0.05, 0) is 23.3 Å². The average Bonchev–Trinajstić information content (AvgIpc) is 2.55. The van der Waals surface area contributed by atoms with E-state index in [0.29, 0.717) is 16.7 Å². The maximum Gasteiger partial charge on any atom is 0.310 e. The van der Waals surface area contributed by atoms with Gasteiger partial charge in [-0.25, -0.2) is 0 Å². The van der Waals surface area contributed by atoms with Crippen molar-refractivity contribution in [2.45, 2.75) is 5.92 Å². The van der Waals surface area contributed by atoms with Gasteiger partial charge in [0.1, 0.15) is 0 Å². The van der Waals surface area contributed by atoms with Crippen LogP contribution in [-0.4, -0.2) is 12.0 Å². The van der Waals surface area contributed by atoms with Crippen LogP contribution in [0.4, 0.5) is 5.69 Å². The molecule has 2 aromatic rings. The lowest BCUT2D eigenvalue weighted by molar-refractivity contribution is -0.385. The Kier molecular flexibility index (Phi) is 4.36. The summed E-state index contributed by atoms with van der Waals surface area (Å²) in [5.41, 5.74) is 1.32. The summed E-state index contributed by atoms with van der Waals surface area (Å²) < 4.78 is 5.02. The van der Waals surface area contributed by atoms with E-state index in [4.69, 9.17) is 10.00 Å². The first-order valence-corrected chi connectivity index (χ1v) is 6.33. The molecule has 0 heterocycles. The fourth-order valence-corrected chi connectivity index (χ4v) is 2.20. The first kappa shape index (κ1) is 15.0. The van der Waals surface area contributed by atoms with Crippen LogP contribution in [0, 0.1) is 32.8 Å². The van der Waals surface area contributed by atoms with Crippen molar-refractivity contribution < 1.29 is 9.66 Å². The number of ether oxygens (including phenoxy) is 1. The van der Waals surface area contributed by atoms with Gasteiger partial charge in [-0.1, -0.05) is 24.3 Å². The lowest BCUT2D eigenvalue weighted by atomic mass is 9.89. The van der Waals surface area contributed by atoms with Crippen molar-refractivity contribution in [2.24, 2.45) is 0 Å². The Morgan fingerprint density at radius 1 is 1.23 bits per heavy atom. The summed E-state index contributed by atoms with van der Waals surface area (Å²) in [6, 6.07) is 15.2. The van der Waals surface area contributed by atoms with Gasteiger partial charge < -0.3 is 4.74 Å². The highest BCUT2D eigenvalue weighted by atomic mass is 16.6. The molecule has 0 spiro atoms. The molecule has 0 unspecified atom stereocenters. The van der Waals surface area contributed by atoms with Gasteiger partial charge in [0, 0.05) is 6.07 Å². The Morgan fingerprint density at radius 2 is 1.95 bits per heavy atom. The number of hydrogen-bond donors (Lipinski definition) is 0. The number of nitrogens with zero attached hydrogens (tertiary/aromatic N) is 3. The van der Waals surface area contributed by atoms with Crippen LogP contribution in [-0.2, 0) is 0 Å². The minimum absolute atomic E-state index is 0.0807. The van der Waals surface area contributed by atoms with Gasteiger partial charge in [-0.15, -0.1) is 0 Å². The second-order valence-electron chi connectivity index (χ2n) is 4.45. The topological polar surface area (TPSA) is 99.9 Å². The number of nitriles is 2. The molecule has 6 heteroatoms. The maximum absolute atomic E-state index is 10.9. The molecule has 108 valence electrons. The number of rotatable bonds is 4. The van der Waals surface area contributed by atoms with Gasteiger partial charge >= 0.3 is 5.69 Å². The molecule has 0 saturated heterocycles. The van der Waals surface area contributed by atoms with Crippen LogP contribution in [0.1, 0.15) is 22.6 Å². The third-order valence-corrected chi connectivity index (χ3v) is 3.26. The van der Waals surface area contributed by atoms with Crippen molar-refractivity contribution in [3.8, 4) is 17.9 Å². The number of hydrogen-bond acceptors (Lipinski definition) is 5. The molecule has 22 heavy (non-hydrogen) atoms. The van der Waals surface area contributed by atoms with E-state index in [9.17, 15) is 15.4 Å². The SMILES string of the molecule is COc1cc([C@@H](C#N)c2ccccc2C#N)ccc1[N+](=O)[O-]. The largest absolute Gasteiger partial charge is 0.490 e. The predicted octanol–water partition coefficient (Wildman–Crippen LogP) is 3.13. The van der Waals surface area contributed by atoms with E-state index in [1.807, 2.05) is 6.07 Å². The molecule has 0 fully saturated rings. The molecule has 0 bridgehead atoms. The molecule has 0 saturated carbocycles. The smallest absolute Gasteiger partial charge is 0.310 e. The molecule has 2 aromatic carbocycles. The van der Waals surface area contributed by atoms with Crippen LogP contribution in [0.15, 0.2) is 42.5 Å². The maximum atomic E-state index is 10.9. The summed E-state index contributed by atoms with van der Waals surface area (Å²) >= 11 is 0. The number of benzene rings is 2. The molecular formula is C16H11N3O3. The molecule has 1 atom stereocenters. The highest BCUT2D eigenvalue weighted by molar-refractivity contribution is 5.54. The zero-order valence-electron chi connectivity index (χ0n) is 11.7. The number of nitro groups is 1. The van der Waals surface area contributed by atoms with Crippen LogP contribution in [0.3, 0.4) is 0 Å². The highest BCUT2D eigenvalue weighted by Gasteiger charge is 2.21. The Balaban J connectivity index is 2.56. The molecule has 0 N–H and O–H groups in total. The Bertz CT molecular complexity index is 803. The van der Waals surface area contributed by atoms with E-state index in [2.05, 4.69) is 6.07 Å². The minimum Gasteiger partial charge on any atom is -0.490 e. The Morgan fingerprint density at radius 3 is 2.55 bits per heavy atom. The third-order valence-electron chi connectivity index (χ3n) is 3.26. The van der Waals surface area contributed by atoms with Crippen LogP contribution >= 0.6 is 0 Å². The highest BCUT2D eigenvalue weighted by Crippen LogP contribution is 2.33. The lowest BCUT2D eigenvalue weighted by Gasteiger charge is -2.12. The molecule has 2 rings (SSSR count). The fourth-order valence-electron chi connectivity index (χ4n) is 2.20. The standard InChI is InChI=1S/C16H11N3O3/c1-22-16-8-11(6-7-15(16)19(20)21)14(10-18)13-5-3-2-4-12(13)9-17/h2-8,14H,1H3/t14-/m1/s1. The summed E-state index contributed by atoms with van der Waals surface area (Å²) in [7, 11) is 1.33. The van der Waals surface area contributed by atoms with Crippen LogP contribution in [0.25, 0.3) is 0 Å². The van der Waals surface area contributed by atoms with Crippen LogP contribution in [0.2, 0.25) is 0 Å². The molecule has 0 radical (unpaired) electrons. The average molecular weight is 293 g/mol. The zero-order chi connectivity index (χ0) is 16.1. The van der Waals surface area contributed by atoms with Gasteiger partial charge in [0.15, 0.2) is 5.75 Å². The quantitative estimate of drug-likeness (QED) is 0.636. The number of nitro benzene ring substituents is 1. The summed E-state index contributed by atoms with van der Waals surface area (Å²) in [5, 5.41) is 29.5. The number of methoxy groups -OCH3 is 1. The zero-order valence-corrected chi connectivity index (χ0v) is 11.7. The normalized spacial score (nSPS) is 11.0. The molecule has 0 aliphatic carbocycles. The Labute approximate surface area is 126 Å². The summed E-state index contributed by atoms with van der Waals surface area (Å²) in [6.45, 7) is 0. The first-order valence-electron chi connectivity index (χ1n) is 6.33. The predicted molar refractivity (Wildman–Crippen MR) is 78.3 cm³/mol. The van der Waals surface area contributed by atoms with Crippen molar-refractivity contribution in [3.05, 3.63) is 69.3 Å². The van der Waals surface area contributed by atoms with Gasteiger partial charge in [-0.3, -0.25) is 10.1 Å². The van der Waals surface area contributed by atoms with Crippen molar-refractivity contribution in [1.29, 1.82) is 10.5 Å². The van der Waals surface area contributed by atoms with E-state index in [1.54, 1.807) is 24.3 Å². The first-order chi connectivity index (χ1) is 10.6. The summed E-state index contributed by atoms with van der Waals surface area (Å²) in [6.07, 6.45) is 0. The molecule has 0 aromatic heterocycles. The van der Waals surface area contributed by atoms with E-state index >= 15 is 0 Å². The lowest BCUT2D eigenvalue weighted by Crippen LogP contribution is -2.02. The fraction of sp³-hybridized carbons (Fsp3) is 0.125. The Hall–Kier alpha value is -3.38. The second kappa shape index (κ2) is 6.38. The van der Waals surface area contributed by atoms with Crippen molar-refractivity contribution in [1.82, 2.24) is 0 Å².